The highest BCUT2D eigenvalue weighted by molar-refractivity contribution is 7.99. The van der Waals surface area contributed by atoms with Crippen molar-refractivity contribution in [1.82, 2.24) is 19.7 Å². The van der Waals surface area contributed by atoms with E-state index in [2.05, 4.69) is 19.7 Å². The third-order valence-corrected chi connectivity index (χ3v) is 6.61. The molecule has 1 saturated carbocycles. The number of hydrogen-bond acceptors (Lipinski definition) is 6. The predicted octanol–water partition coefficient (Wildman–Crippen LogP) is 2.99. The van der Waals surface area contributed by atoms with Crippen molar-refractivity contribution >= 4 is 29.5 Å². The van der Waals surface area contributed by atoms with E-state index in [1.165, 1.54) is 30.6 Å². The third kappa shape index (κ3) is 3.09. The number of fused-ring (bicyclic) bond motifs is 1. The van der Waals surface area contributed by atoms with Crippen LogP contribution in [0.2, 0.25) is 0 Å². The second-order valence-corrected chi connectivity index (χ2v) is 8.65. The van der Waals surface area contributed by atoms with Gasteiger partial charge in [-0.3, -0.25) is 19.1 Å². The first-order valence-electron chi connectivity index (χ1n) is 10.0. The number of amides is 2. The molecule has 3 aliphatic rings. The average Bonchev–Trinajstić information content (AvgIpc) is 3.14. The van der Waals surface area contributed by atoms with Crippen LogP contribution < -0.4 is 4.90 Å². The zero-order valence-corrected chi connectivity index (χ0v) is 16.5. The molecule has 0 radical (unpaired) electrons. The first-order valence-corrected chi connectivity index (χ1v) is 11.0. The van der Waals surface area contributed by atoms with Gasteiger partial charge in [-0.05, 0) is 44.2 Å². The molecule has 2 amide bonds. The molecule has 1 aromatic heterocycles. The third-order valence-electron chi connectivity index (χ3n) is 5.58. The van der Waals surface area contributed by atoms with Crippen molar-refractivity contribution < 1.29 is 9.59 Å². The molecule has 0 N–H and O–H groups in total. The number of thioether (sulfide) groups is 1. The van der Waals surface area contributed by atoms with Gasteiger partial charge in [0.05, 0.1) is 11.1 Å². The molecule has 1 saturated heterocycles. The van der Waals surface area contributed by atoms with E-state index < -0.39 is 0 Å². The summed E-state index contributed by atoms with van der Waals surface area (Å²) < 4.78 is 2.30. The first-order chi connectivity index (χ1) is 13.7. The molecule has 0 atom stereocenters. The fourth-order valence-electron chi connectivity index (χ4n) is 3.98. The van der Waals surface area contributed by atoms with Gasteiger partial charge in [-0.15, -0.1) is 10.2 Å². The Morgan fingerprint density at radius 2 is 1.68 bits per heavy atom. The SMILES string of the molecule is O=C1c2ccccc2C(=O)N1CCCSc1nnc(N2CCCC2)n1C1CC1. The Morgan fingerprint density at radius 1 is 1.00 bits per heavy atom. The number of rotatable bonds is 7. The minimum Gasteiger partial charge on any atom is -0.341 e. The Labute approximate surface area is 168 Å². The van der Waals surface area contributed by atoms with E-state index in [1.807, 2.05) is 0 Å². The van der Waals surface area contributed by atoms with Gasteiger partial charge in [-0.2, -0.15) is 0 Å². The van der Waals surface area contributed by atoms with Crippen LogP contribution in [0.4, 0.5) is 5.95 Å². The topological polar surface area (TPSA) is 71.3 Å². The van der Waals surface area contributed by atoms with E-state index in [1.54, 1.807) is 36.0 Å². The van der Waals surface area contributed by atoms with Crippen LogP contribution in [0.3, 0.4) is 0 Å². The fourth-order valence-corrected chi connectivity index (χ4v) is 4.91. The summed E-state index contributed by atoms with van der Waals surface area (Å²) in [5, 5.41) is 9.87. The molecule has 2 aliphatic heterocycles. The van der Waals surface area contributed by atoms with Gasteiger partial charge in [-0.1, -0.05) is 23.9 Å². The van der Waals surface area contributed by atoms with E-state index in [9.17, 15) is 9.59 Å². The van der Waals surface area contributed by atoms with Crippen molar-refractivity contribution in [3.8, 4) is 0 Å². The maximum atomic E-state index is 12.4. The molecule has 3 heterocycles. The molecule has 7 nitrogen and oxygen atoms in total. The lowest BCUT2D eigenvalue weighted by molar-refractivity contribution is 0.0655. The lowest BCUT2D eigenvalue weighted by atomic mass is 10.1. The number of nitrogens with zero attached hydrogens (tertiary/aromatic N) is 5. The minimum atomic E-state index is -0.178. The molecular weight excluding hydrogens is 374 g/mol. The predicted molar refractivity (Wildman–Crippen MR) is 107 cm³/mol. The molecule has 146 valence electrons. The maximum Gasteiger partial charge on any atom is 0.261 e. The summed E-state index contributed by atoms with van der Waals surface area (Å²) in [6.07, 6.45) is 5.58. The summed E-state index contributed by atoms with van der Waals surface area (Å²) >= 11 is 1.68. The summed E-state index contributed by atoms with van der Waals surface area (Å²) in [6, 6.07) is 7.58. The molecular formula is C20H23N5O2S. The van der Waals surface area contributed by atoms with E-state index in [0.29, 0.717) is 23.7 Å². The second kappa shape index (κ2) is 7.24. The number of aromatic nitrogens is 3. The zero-order valence-electron chi connectivity index (χ0n) is 15.7. The number of hydrogen-bond donors (Lipinski definition) is 0. The summed E-state index contributed by atoms with van der Waals surface area (Å²) in [7, 11) is 0. The Morgan fingerprint density at radius 3 is 2.32 bits per heavy atom. The summed E-state index contributed by atoms with van der Waals surface area (Å²) in [5.74, 6) is 1.46. The highest BCUT2D eigenvalue weighted by atomic mass is 32.2. The van der Waals surface area contributed by atoms with Gasteiger partial charge in [0.1, 0.15) is 0 Å². The van der Waals surface area contributed by atoms with Gasteiger partial charge in [0.25, 0.3) is 11.8 Å². The Balaban J connectivity index is 1.20. The lowest BCUT2D eigenvalue weighted by Crippen LogP contribution is -2.31. The molecule has 2 aromatic rings. The maximum absolute atomic E-state index is 12.4. The molecule has 0 unspecified atom stereocenters. The Bertz CT molecular complexity index is 882. The van der Waals surface area contributed by atoms with E-state index in [4.69, 9.17) is 0 Å². The molecule has 0 bridgehead atoms. The number of imide groups is 1. The molecule has 28 heavy (non-hydrogen) atoms. The van der Waals surface area contributed by atoms with Crippen molar-refractivity contribution in [2.24, 2.45) is 0 Å². The normalized spacial score (nSPS) is 19.0. The molecule has 8 heteroatoms. The second-order valence-electron chi connectivity index (χ2n) is 7.59. The van der Waals surface area contributed by atoms with Crippen LogP contribution in [-0.4, -0.2) is 56.9 Å². The van der Waals surface area contributed by atoms with Crippen LogP contribution in [0.15, 0.2) is 29.4 Å². The molecule has 5 rings (SSSR count). The van der Waals surface area contributed by atoms with Gasteiger partial charge in [0, 0.05) is 31.4 Å². The summed E-state index contributed by atoms with van der Waals surface area (Å²) in [5.41, 5.74) is 1.03. The van der Waals surface area contributed by atoms with Crippen LogP contribution in [0, 0.1) is 0 Å². The van der Waals surface area contributed by atoms with Crippen molar-refractivity contribution in [1.29, 1.82) is 0 Å². The minimum absolute atomic E-state index is 0.178. The monoisotopic (exact) mass is 397 g/mol. The molecule has 2 fully saturated rings. The van der Waals surface area contributed by atoms with Crippen molar-refractivity contribution in [3.63, 3.8) is 0 Å². The number of carbonyl (C=O) groups is 2. The smallest absolute Gasteiger partial charge is 0.261 e. The van der Waals surface area contributed by atoms with Crippen molar-refractivity contribution in [3.05, 3.63) is 35.4 Å². The highest BCUT2D eigenvalue weighted by Gasteiger charge is 2.35. The molecule has 0 spiro atoms. The van der Waals surface area contributed by atoms with Gasteiger partial charge in [0.2, 0.25) is 5.95 Å². The lowest BCUT2D eigenvalue weighted by Gasteiger charge is -2.18. The van der Waals surface area contributed by atoms with E-state index in [-0.39, 0.29) is 11.8 Å². The molecule has 1 aliphatic carbocycles. The Kier molecular flexibility index (Phi) is 4.58. The number of benzene rings is 1. The largest absolute Gasteiger partial charge is 0.341 e. The number of carbonyl (C=O) groups excluding carboxylic acids is 2. The highest BCUT2D eigenvalue weighted by Crippen LogP contribution is 2.41. The first kappa shape index (κ1) is 17.7. The van der Waals surface area contributed by atoms with Gasteiger partial charge in [0.15, 0.2) is 5.16 Å². The average molecular weight is 398 g/mol. The summed E-state index contributed by atoms with van der Waals surface area (Å²) in [4.78, 5) is 28.6. The zero-order chi connectivity index (χ0) is 19.1. The van der Waals surface area contributed by atoms with E-state index in [0.717, 1.165) is 36.4 Å². The quantitative estimate of drug-likeness (QED) is 0.406. The number of anilines is 1. The van der Waals surface area contributed by atoms with Crippen LogP contribution >= 0.6 is 11.8 Å². The van der Waals surface area contributed by atoms with Gasteiger partial charge < -0.3 is 4.90 Å². The van der Waals surface area contributed by atoms with E-state index >= 15 is 0 Å². The van der Waals surface area contributed by atoms with Crippen molar-refractivity contribution in [2.75, 3.05) is 30.3 Å². The van der Waals surface area contributed by atoms with Crippen molar-refractivity contribution in [2.45, 2.75) is 43.3 Å². The van der Waals surface area contributed by atoms with Gasteiger partial charge in [-0.25, -0.2) is 0 Å². The van der Waals surface area contributed by atoms with Crippen LogP contribution in [-0.2, 0) is 0 Å². The van der Waals surface area contributed by atoms with Crippen LogP contribution in [0.5, 0.6) is 0 Å². The van der Waals surface area contributed by atoms with Crippen LogP contribution in [0.1, 0.15) is 58.9 Å². The van der Waals surface area contributed by atoms with Gasteiger partial charge >= 0.3 is 0 Å². The summed E-state index contributed by atoms with van der Waals surface area (Å²) in [6.45, 7) is 2.57. The Hall–Kier alpha value is -2.35. The van der Waals surface area contributed by atoms with Crippen LogP contribution in [0.25, 0.3) is 0 Å². The molecule has 1 aromatic carbocycles. The fraction of sp³-hybridized carbons (Fsp3) is 0.500. The standard InChI is InChI=1S/C20H23N5O2S/c26-17-15-6-1-2-7-16(15)18(27)24(17)12-5-13-28-20-22-21-19(23-10-3-4-11-23)25(20)14-8-9-14/h1-2,6-7,14H,3-5,8-13H2.